The molecule has 1 N–H and O–H groups in total. The molecular formula is C15H23NO2. The lowest BCUT2D eigenvalue weighted by molar-refractivity contribution is -0.136. The summed E-state index contributed by atoms with van der Waals surface area (Å²) in [6.45, 7) is 5.79. The molecule has 3 nitrogen and oxygen atoms in total. The number of hydrogen-bond acceptors (Lipinski definition) is 2. The maximum absolute atomic E-state index is 10.7. The second-order valence-corrected chi connectivity index (χ2v) is 4.50. The van der Waals surface area contributed by atoms with Crippen molar-refractivity contribution >= 4 is 11.7 Å². The molecule has 3 heteroatoms. The highest BCUT2D eigenvalue weighted by atomic mass is 16.4. The molecule has 0 fully saturated rings. The summed E-state index contributed by atoms with van der Waals surface area (Å²) in [7, 11) is 0. The van der Waals surface area contributed by atoms with Crippen LogP contribution in [0.1, 0.15) is 38.7 Å². The first-order valence-corrected chi connectivity index (χ1v) is 6.73. The molecule has 0 aromatic heterocycles. The minimum Gasteiger partial charge on any atom is -0.481 e. The van der Waals surface area contributed by atoms with E-state index in [1.54, 1.807) is 0 Å². The van der Waals surface area contributed by atoms with E-state index in [4.69, 9.17) is 5.11 Å². The van der Waals surface area contributed by atoms with Crippen molar-refractivity contribution in [1.82, 2.24) is 0 Å². The van der Waals surface area contributed by atoms with Crippen molar-refractivity contribution in [2.45, 2.75) is 39.5 Å². The quantitative estimate of drug-likeness (QED) is 0.768. The summed E-state index contributed by atoms with van der Waals surface area (Å²) in [6, 6.07) is 8.43. The molecule has 1 aromatic rings. The first kappa shape index (κ1) is 14.6. The standard InChI is InChI=1S/C15H23NO2/c1-3-5-11-16(12-10-15(17)18)14-8-6-13(4-2)7-9-14/h6-9H,3-5,10-12H2,1-2H3,(H,17,18). The Morgan fingerprint density at radius 2 is 1.83 bits per heavy atom. The molecule has 0 heterocycles. The predicted molar refractivity (Wildman–Crippen MR) is 75.2 cm³/mol. The zero-order chi connectivity index (χ0) is 13.4. The lowest BCUT2D eigenvalue weighted by Gasteiger charge is -2.24. The van der Waals surface area contributed by atoms with Crippen LogP contribution in [0.15, 0.2) is 24.3 Å². The van der Waals surface area contributed by atoms with Gasteiger partial charge in [0.15, 0.2) is 0 Å². The van der Waals surface area contributed by atoms with Crippen LogP contribution in [0.4, 0.5) is 5.69 Å². The van der Waals surface area contributed by atoms with Crippen molar-refractivity contribution in [1.29, 1.82) is 0 Å². The van der Waals surface area contributed by atoms with Crippen LogP contribution in [-0.4, -0.2) is 24.2 Å². The molecule has 0 saturated heterocycles. The Morgan fingerprint density at radius 3 is 2.33 bits per heavy atom. The van der Waals surface area contributed by atoms with E-state index < -0.39 is 5.97 Å². The predicted octanol–water partition coefficient (Wildman–Crippen LogP) is 3.33. The minimum atomic E-state index is -0.735. The number of carboxylic acid groups (broad SMARTS) is 1. The highest BCUT2D eigenvalue weighted by molar-refractivity contribution is 5.67. The summed E-state index contributed by atoms with van der Waals surface area (Å²) in [4.78, 5) is 12.8. The van der Waals surface area contributed by atoms with E-state index in [9.17, 15) is 4.79 Å². The first-order chi connectivity index (χ1) is 8.67. The largest absolute Gasteiger partial charge is 0.481 e. The van der Waals surface area contributed by atoms with Crippen LogP contribution in [0.3, 0.4) is 0 Å². The van der Waals surface area contributed by atoms with E-state index >= 15 is 0 Å². The summed E-state index contributed by atoms with van der Waals surface area (Å²) < 4.78 is 0. The summed E-state index contributed by atoms with van der Waals surface area (Å²) in [5, 5.41) is 8.79. The molecule has 0 aliphatic heterocycles. The van der Waals surface area contributed by atoms with E-state index in [1.165, 1.54) is 5.56 Å². The monoisotopic (exact) mass is 249 g/mol. The van der Waals surface area contributed by atoms with Crippen molar-refractivity contribution in [3.8, 4) is 0 Å². The number of rotatable bonds is 8. The van der Waals surface area contributed by atoms with Crippen molar-refractivity contribution < 1.29 is 9.90 Å². The van der Waals surface area contributed by atoms with Gasteiger partial charge in [-0.3, -0.25) is 4.79 Å². The van der Waals surface area contributed by atoms with Gasteiger partial charge >= 0.3 is 5.97 Å². The Labute approximate surface area is 109 Å². The van der Waals surface area contributed by atoms with Crippen molar-refractivity contribution in [3.05, 3.63) is 29.8 Å². The third kappa shape index (κ3) is 4.78. The Balaban J connectivity index is 2.69. The third-order valence-electron chi connectivity index (χ3n) is 3.09. The van der Waals surface area contributed by atoms with Gasteiger partial charge in [0.2, 0.25) is 0 Å². The Hall–Kier alpha value is -1.51. The molecule has 0 bridgehead atoms. The van der Waals surface area contributed by atoms with Gasteiger partial charge in [0.25, 0.3) is 0 Å². The third-order valence-corrected chi connectivity index (χ3v) is 3.09. The van der Waals surface area contributed by atoms with Gasteiger partial charge in [-0.25, -0.2) is 0 Å². The number of nitrogens with zero attached hydrogens (tertiary/aromatic N) is 1. The zero-order valence-corrected chi connectivity index (χ0v) is 11.4. The molecular weight excluding hydrogens is 226 g/mol. The van der Waals surface area contributed by atoms with Crippen LogP contribution in [0.25, 0.3) is 0 Å². The van der Waals surface area contributed by atoms with E-state index in [0.29, 0.717) is 6.54 Å². The van der Waals surface area contributed by atoms with E-state index in [1.807, 2.05) is 0 Å². The number of aryl methyl sites for hydroxylation is 1. The molecule has 0 amide bonds. The number of carboxylic acids is 1. The lowest BCUT2D eigenvalue weighted by atomic mass is 10.1. The molecule has 0 radical (unpaired) electrons. The van der Waals surface area contributed by atoms with Gasteiger partial charge in [-0.1, -0.05) is 32.4 Å². The van der Waals surface area contributed by atoms with E-state index in [2.05, 4.69) is 43.0 Å². The molecule has 18 heavy (non-hydrogen) atoms. The van der Waals surface area contributed by atoms with Gasteiger partial charge in [0.1, 0.15) is 0 Å². The highest BCUT2D eigenvalue weighted by Crippen LogP contribution is 2.16. The fourth-order valence-electron chi connectivity index (χ4n) is 1.89. The van der Waals surface area contributed by atoms with Crippen molar-refractivity contribution in [3.63, 3.8) is 0 Å². The van der Waals surface area contributed by atoms with Crippen molar-refractivity contribution in [2.24, 2.45) is 0 Å². The summed E-state index contributed by atoms with van der Waals surface area (Å²) >= 11 is 0. The molecule has 1 aromatic carbocycles. The number of anilines is 1. The van der Waals surface area contributed by atoms with Gasteiger partial charge < -0.3 is 10.0 Å². The number of aliphatic carboxylic acids is 1. The summed E-state index contributed by atoms with van der Waals surface area (Å²) in [5.41, 5.74) is 2.44. The minimum absolute atomic E-state index is 0.194. The van der Waals surface area contributed by atoms with Crippen LogP contribution in [0.5, 0.6) is 0 Å². The summed E-state index contributed by atoms with van der Waals surface area (Å²) in [6.07, 6.45) is 3.44. The van der Waals surface area contributed by atoms with E-state index in [-0.39, 0.29) is 6.42 Å². The SMILES string of the molecule is CCCCN(CCC(=O)O)c1ccc(CC)cc1. The van der Waals surface area contributed by atoms with Gasteiger partial charge in [0.05, 0.1) is 6.42 Å². The fraction of sp³-hybridized carbons (Fsp3) is 0.533. The van der Waals surface area contributed by atoms with Crippen LogP contribution < -0.4 is 4.90 Å². The van der Waals surface area contributed by atoms with Gasteiger partial charge in [0, 0.05) is 18.8 Å². The number of unbranched alkanes of at least 4 members (excludes halogenated alkanes) is 1. The molecule has 0 aliphatic rings. The Kier molecular flexibility index (Phi) is 6.26. The Bertz CT molecular complexity index is 359. The average Bonchev–Trinajstić information content (AvgIpc) is 2.39. The van der Waals surface area contributed by atoms with E-state index in [0.717, 1.165) is 31.5 Å². The van der Waals surface area contributed by atoms with Crippen LogP contribution >= 0.6 is 0 Å². The molecule has 1 rings (SSSR count). The lowest BCUT2D eigenvalue weighted by Crippen LogP contribution is -2.27. The Morgan fingerprint density at radius 1 is 1.17 bits per heavy atom. The molecule has 0 unspecified atom stereocenters. The maximum Gasteiger partial charge on any atom is 0.305 e. The van der Waals surface area contributed by atoms with Gasteiger partial charge in [-0.15, -0.1) is 0 Å². The second kappa shape index (κ2) is 7.75. The molecule has 0 aliphatic carbocycles. The molecule has 0 saturated carbocycles. The summed E-state index contributed by atoms with van der Waals surface area (Å²) in [5.74, 6) is -0.735. The fourth-order valence-corrected chi connectivity index (χ4v) is 1.89. The van der Waals surface area contributed by atoms with Gasteiger partial charge in [-0.05, 0) is 30.5 Å². The van der Waals surface area contributed by atoms with Crippen molar-refractivity contribution in [2.75, 3.05) is 18.0 Å². The average molecular weight is 249 g/mol. The number of carbonyl (C=O) groups is 1. The molecule has 100 valence electrons. The molecule has 0 spiro atoms. The number of hydrogen-bond donors (Lipinski definition) is 1. The van der Waals surface area contributed by atoms with Gasteiger partial charge in [-0.2, -0.15) is 0 Å². The zero-order valence-electron chi connectivity index (χ0n) is 11.4. The highest BCUT2D eigenvalue weighted by Gasteiger charge is 2.08. The second-order valence-electron chi connectivity index (χ2n) is 4.50. The van der Waals surface area contributed by atoms with Crippen LogP contribution in [0, 0.1) is 0 Å². The normalized spacial score (nSPS) is 10.3. The number of benzene rings is 1. The first-order valence-electron chi connectivity index (χ1n) is 6.73. The smallest absolute Gasteiger partial charge is 0.305 e. The van der Waals surface area contributed by atoms with Crippen LogP contribution in [0.2, 0.25) is 0 Å². The molecule has 0 atom stereocenters. The maximum atomic E-state index is 10.7. The topological polar surface area (TPSA) is 40.5 Å². The van der Waals surface area contributed by atoms with Crippen LogP contribution in [-0.2, 0) is 11.2 Å².